The van der Waals surface area contributed by atoms with E-state index in [0.717, 1.165) is 80.2 Å². The molecule has 0 saturated carbocycles. The molecule has 0 aliphatic rings. The number of hydrogen-bond acceptors (Lipinski definition) is 26. The lowest BCUT2D eigenvalue weighted by Crippen LogP contribution is -1.91. The maximum atomic E-state index is 4.02. The van der Waals surface area contributed by atoms with Gasteiger partial charge in [-0.05, 0) is 140 Å². The molecule has 0 radical (unpaired) electrons. The Labute approximate surface area is 437 Å². The molecule has 0 bridgehead atoms. The number of hydrogen-bond donors (Lipinski definition) is 0. The minimum absolute atomic E-state index is 0.711. The second kappa shape index (κ2) is 40.0. The van der Waals surface area contributed by atoms with Gasteiger partial charge in [0.1, 0.15) is 60.3 Å². The van der Waals surface area contributed by atoms with Crippen molar-refractivity contribution in [3.63, 3.8) is 0 Å². The normalized spacial score (nSPS) is 9.00. The molecule has 0 aromatic carbocycles. The molecule has 10 heterocycles. The van der Waals surface area contributed by atoms with Crippen molar-refractivity contribution in [2.24, 2.45) is 0 Å². The van der Waals surface area contributed by atoms with Crippen molar-refractivity contribution in [1.29, 1.82) is 0 Å². The van der Waals surface area contributed by atoms with Gasteiger partial charge < -0.3 is 0 Å². The van der Waals surface area contributed by atoms with Gasteiger partial charge in [-0.15, -0.1) is 20.4 Å². The molecule has 0 aliphatic carbocycles. The Balaban J connectivity index is 0.000000417. The molecule has 0 unspecified atom stereocenters. The second-order valence-corrected chi connectivity index (χ2v) is 14.8. The van der Waals surface area contributed by atoms with Gasteiger partial charge in [0, 0.05) is 31.0 Å². The molecule has 0 N–H and O–H groups in total. The summed E-state index contributed by atoms with van der Waals surface area (Å²) in [4.78, 5) is 46.3. The molecule has 26 heteroatoms. The Hall–Kier alpha value is -9.62. The van der Waals surface area contributed by atoms with Crippen molar-refractivity contribution in [1.82, 2.24) is 131 Å². The minimum atomic E-state index is 0.711. The Kier molecular flexibility index (Phi) is 33.8. The van der Waals surface area contributed by atoms with Crippen LogP contribution in [0.3, 0.4) is 0 Å². The van der Waals surface area contributed by atoms with Crippen molar-refractivity contribution in [2.75, 3.05) is 0 Å². The van der Waals surface area contributed by atoms with Crippen molar-refractivity contribution in [2.45, 2.75) is 104 Å². The monoisotopic (exact) mass is 1020 g/mol. The number of aryl methyl sites for hydroxylation is 15. The zero-order valence-electron chi connectivity index (χ0n) is 45.1. The van der Waals surface area contributed by atoms with Gasteiger partial charge >= 0.3 is 0 Å². The van der Waals surface area contributed by atoms with E-state index in [1.54, 1.807) is 68.9 Å². The van der Waals surface area contributed by atoms with Crippen molar-refractivity contribution < 1.29 is 0 Å². The molecule has 0 aliphatic heterocycles. The van der Waals surface area contributed by atoms with E-state index < -0.39 is 0 Å². The molecule has 0 atom stereocenters. The molecule has 26 nitrogen and oxygen atoms in total. The van der Waals surface area contributed by atoms with Crippen molar-refractivity contribution in [3.8, 4) is 0 Å². The molecule has 0 saturated heterocycles. The maximum Gasteiger partial charge on any atom is 0.148 e. The maximum absolute atomic E-state index is 4.02. The number of aromatic nitrogens is 26. The Morgan fingerprint density at radius 1 is 0.253 bits per heavy atom. The molecule has 390 valence electrons. The van der Waals surface area contributed by atoms with Crippen LogP contribution in [-0.2, 0) is 0 Å². The topological polar surface area (TPSA) is 335 Å². The van der Waals surface area contributed by atoms with E-state index in [0.29, 0.717) is 5.82 Å². The average molecular weight is 1020 g/mol. The molecule has 0 amide bonds. The van der Waals surface area contributed by atoms with Gasteiger partial charge in [0.15, 0.2) is 0 Å². The van der Waals surface area contributed by atoms with Crippen LogP contribution in [0.25, 0.3) is 0 Å². The fraction of sp³-hybridized carbons (Fsp3) is 0.306. The third kappa shape index (κ3) is 37.8. The van der Waals surface area contributed by atoms with Crippen LogP contribution in [0.15, 0.2) is 118 Å². The molecular formula is C49H64N26. The van der Waals surface area contributed by atoms with E-state index in [1.165, 1.54) is 25.3 Å². The third-order valence-corrected chi connectivity index (χ3v) is 7.73. The van der Waals surface area contributed by atoms with Crippen LogP contribution in [0.5, 0.6) is 0 Å². The zero-order chi connectivity index (χ0) is 55.5. The first kappa shape index (κ1) is 63.4. The summed E-state index contributed by atoms with van der Waals surface area (Å²) >= 11 is 0. The summed E-state index contributed by atoms with van der Waals surface area (Å²) in [7, 11) is 0. The van der Waals surface area contributed by atoms with E-state index in [-0.39, 0.29) is 0 Å². The Bertz CT molecular complexity index is 2510. The van der Waals surface area contributed by atoms with Gasteiger partial charge in [-0.3, -0.25) is 9.97 Å². The van der Waals surface area contributed by atoms with Gasteiger partial charge in [0.05, 0.1) is 76.5 Å². The highest BCUT2D eigenvalue weighted by molar-refractivity contribution is 5.05. The molecule has 10 rings (SSSR count). The molecular weight excluding hydrogens is 953 g/mol. The second-order valence-electron chi connectivity index (χ2n) is 14.8. The predicted molar refractivity (Wildman–Crippen MR) is 278 cm³/mol. The zero-order valence-corrected chi connectivity index (χ0v) is 45.1. The van der Waals surface area contributed by atoms with Crippen LogP contribution in [0.2, 0.25) is 0 Å². The van der Waals surface area contributed by atoms with E-state index in [9.17, 15) is 0 Å². The fourth-order valence-corrected chi connectivity index (χ4v) is 3.97. The van der Waals surface area contributed by atoms with Crippen LogP contribution in [0.4, 0.5) is 0 Å². The van der Waals surface area contributed by atoms with Crippen LogP contribution in [0.1, 0.15) is 86.1 Å². The fourth-order valence-electron chi connectivity index (χ4n) is 3.97. The van der Waals surface area contributed by atoms with Crippen LogP contribution >= 0.6 is 0 Å². The molecule has 75 heavy (non-hydrogen) atoms. The SMILES string of the molecule is Cc1ccc(C)nn1.Cc1cccnn1.Cc1ccnnc1.Cc1cnc(C)nn1.Cc1cnnc(C)n1.Cc1cnncn1.Cc1nccnc1C.Cc1nccnn1.Cc1ncnc(C)n1.Cc1ncncn1. The van der Waals surface area contributed by atoms with Crippen LogP contribution in [0, 0.1) is 104 Å². The minimum Gasteiger partial charge on any atom is -0.258 e. The van der Waals surface area contributed by atoms with E-state index in [2.05, 4.69) is 131 Å². The van der Waals surface area contributed by atoms with Gasteiger partial charge in [-0.1, -0.05) is 0 Å². The lowest BCUT2D eigenvalue weighted by Gasteiger charge is -1.91. The first-order chi connectivity index (χ1) is 35.9. The Morgan fingerprint density at radius 2 is 0.800 bits per heavy atom. The van der Waals surface area contributed by atoms with Crippen molar-refractivity contribution >= 4 is 0 Å². The smallest absolute Gasteiger partial charge is 0.148 e. The Morgan fingerprint density at radius 3 is 1.09 bits per heavy atom. The molecule has 0 spiro atoms. The molecule has 0 fully saturated rings. The van der Waals surface area contributed by atoms with E-state index in [4.69, 9.17) is 0 Å². The van der Waals surface area contributed by atoms with Gasteiger partial charge in [-0.2, -0.15) is 51.0 Å². The first-order valence-electron chi connectivity index (χ1n) is 22.6. The third-order valence-electron chi connectivity index (χ3n) is 7.73. The number of rotatable bonds is 0. The summed E-state index contributed by atoms with van der Waals surface area (Å²) in [5.74, 6) is 4.47. The highest BCUT2D eigenvalue weighted by atomic mass is 15.2. The predicted octanol–water partition coefficient (Wildman–Crippen LogP) is 5.76. The number of nitrogens with zero attached hydrogens (tertiary/aromatic N) is 26. The lowest BCUT2D eigenvalue weighted by molar-refractivity contribution is 0.874. The van der Waals surface area contributed by atoms with Gasteiger partial charge in [-0.25, -0.2) is 49.8 Å². The standard InChI is InChI=1S/2C6H8N2.3C5H7N3.2C5H6N2.3C4H5N3/c1-5-6(2)8-4-3-7-5;1-5-3-4-6(2)8-7-5;1-4-6-3-7-5(2)8-4;1-4-3-6-8-5(2)7-4;1-4-3-6-5(2)8-7-4;1-5-2-3-6-7-4-5;1-5-3-2-4-6-7-5;1-4-6-2-5-3-7-4;1-4-2-6-7-3-5-4;1-4-5-2-3-6-7-4/h2*3-4H,1-2H3;3*3H,1-2H3;2*2-4H,1H3;3*2-3H,1H3. The summed E-state index contributed by atoms with van der Waals surface area (Å²) in [6.07, 6.45) is 22.4. The highest BCUT2D eigenvalue weighted by Crippen LogP contribution is 1.94. The largest absolute Gasteiger partial charge is 0.258 e. The average Bonchev–Trinajstić information content (AvgIpc) is 3.39. The highest BCUT2D eigenvalue weighted by Gasteiger charge is 1.89. The van der Waals surface area contributed by atoms with Crippen LogP contribution in [-0.4, -0.2) is 131 Å². The lowest BCUT2D eigenvalue weighted by atomic mass is 10.4. The summed E-state index contributed by atoms with van der Waals surface area (Å²) in [5.41, 5.74) is 8.73. The molecule has 10 aromatic rings. The quantitative estimate of drug-likeness (QED) is 0.174. The van der Waals surface area contributed by atoms with Crippen molar-refractivity contribution in [3.05, 3.63) is 204 Å². The summed E-state index contributed by atoms with van der Waals surface area (Å²) in [6, 6.07) is 9.58. The van der Waals surface area contributed by atoms with Gasteiger partial charge in [0.2, 0.25) is 0 Å². The summed E-state index contributed by atoms with van der Waals surface area (Å²) in [5, 5.41) is 51.3. The first-order valence-corrected chi connectivity index (χ1v) is 22.6. The van der Waals surface area contributed by atoms with E-state index >= 15 is 0 Å². The summed E-state index contributed by atoms with van der Waals surface area (Å²) < 4.78 is 0. The summed E-state index contributed by atoms with van der Waals surface area (Å²) in [6.45, 7) is 28.2. The van der Waals surface area contributed by atoms with E-state index in [1.807, 2.05) is 127 Å². The molecule has 10 aromatic heterocycles. The van der Waals surface area contributed by atoms with Gasteiger partial charge in [0.25, 0.3) is 0 Å². The van der Waals surface area contributed by atoms with Crippen LogP contribution < -0.4 is 0 Å².